The van der Waals surface area contributed by atoms with Crippen LogP contribution in [0.1, 0.15) is 66.7 Å². The average molecular weight is 569 g/mol. The van der Waals surface area contributed by atoms with E-state index in [9.17, 15) is 19.5 Å². The largest absolute Gasteiger partial charge is 0.497 e. The smallest absolute Gasteiger partial charge is 0.303 e. The van der Waals surface area contributed by atoms with Crippen LogP contribution < -0.4 is 0 Å². The summed E-state index contributed by atoms with van der Waals surface area (Å²) in [5.74, 6) is -2.43. The average Bonchev–Trinajstić information content (AvgIpc) is 3.27. The fraction of sp³-hybridized carbons (Fsp3) is 0.759. The number of esters is 1. The zero-order valence-electron chi connectivity index (χ0n) is 23.2. The van der Waals surface area contributed by atoms with E-state index in [0.717, 1.165) is 6.29 Å². The third-order valence-electron chi connectivity index (χ3n) is 10.3. The summed E-state index contributed by atoms with van der Waals surface area (Å²) in [6.07, 6.45) is 1.52. The standard InChI is InChI=1S/C29H38ClFO8/c1-16(33)37-15-23(35)29-24(38-25(2,3)39-29)12-20-21-10-17(14-32)19-11-18(36-9-8-30)6-7-26(19,4)28(21,31)22(34)13-27(20,29)5/h11,14,20-22,24,34H,6-10,12-13,15H2,1-5H3/t20-,21+,22-,24-,26+,27-,28+,29-/m1/s1. The number of hydrogen-bond acceptors (Lipinski definition) is 8. The van der Waals surface area contributed by atoms with Crippen molar-refractivity contribution in [3.05, 3.63) is 23.0 Å². The number of aliphatic hydroxyl groups is 1. The van der Waals surface area contributed by atoms with Crippen LogP contribution in [0.4, 0.5) is 4.39 Å². The molecule has 5 aliphatic rings. The van der Waals surface area contributed by atoms with Gasteiger partial charge in [-0.2, -0.15) is 0 Å². The van der Waals surface area contributed by atoms with Crippen molar-refractivity contribution in [1.82, 2.24) is 0 Å². The summed E-state index contributed by atoms with van der Waals surface area (Å²) in [5, 5.41) is 11.8. The van der Waals surface area contributed by atoms with E-state index < -0.39 is 70.3 Å². The van der Waals surface area contributed by atoms with E-state index in [2.05, 4.69) is 0 Å². The summed E-state index contributed by atoms with van der Waals surface area (Å²) in [7, 11) is 0. The van der Waals surface area contributed by atoms with Gasteiger partial charge in [-0.3, -0.25) is 14.4 Å². The van der Waals surface area contributed by atoms with Crippen molar-refractivity contribution in [2.45, 2.75) is 96.0 Å². The van der Waals surface area contributed by atoms with Gasteiger partial charge in [0.1, 0.15) is 18.6 Å². The fourth-order valence-corrected chi connectivity index (χ4v) is 8.83. The lowest BCUT2D eigenvalue weighted by molar-refractivity contribution is -0.248. The highest BCUT2D eigenvalue weighted by Gasteiger charge is 2.80. The molecule has 8 atom stereocenters. The molecule has 10 heteroatoms. The molecule has 0 spiro atoms. The van der Waals surface area contributed by atoms with Gasteiger partial charge in [0.05, 0.1) is 23.8 Å². The van der Waals surface area contributed by atoms with Gasteiger partial charge in [-0.15, -0.1) is 11.6 Å². The summed E-state index contributed by atoms with van der Waals surface area (Å²) >= 11 is 5.78. The Morgan fingerprint density at radius 3 is 2.62 bits per heavy atom. The van der Waals surface area contributed by atoms with Crippen LogP contribution in [0.3, 0.4) is 0 Å². The number of Topliss-reactive ketones (excluding diaryl/α,β-unsaturated/α-hetero) is 1. The first-order chi connectivity index (χ1) is 18.2. The number of rotatable bonds is 7. The van der Waals surface area contributed by atoms with Crippen LogP contribution in [0.25, 0.3) is 0 Å². The molecule has 0 aromatic heterocycles. The molecular weight excluding hydrogens is 531 g/mol. The number of carbonyl (C=O) groups excluding carboxylic acids is 3. The lowest BCUT2D eigenvalue weighted by Crippen LogP contribution is -2.70. The summed E-state index contributed by atoms with van der Waals surface area (Å²) in [6.45, 7) is 8.07. The van der Waals surface area contributed by atoms with E-state index in [1.54, 1.807) is 26.8 Å². The number of aliphatic hydroxyl groups excluding tert-OH is 1. The second-order valence-electron chi connectivity index (χ2n) is 12.6. The fourth-order valence-electron chi connectivity index (χ4n) is 8.75. The molecule has 0 aromatic rings. The normalized spacial score (nSPS) is 43.9. The van der Waals surface area contributed by atoms with Gasteiger partial charge in [-0.25, -0.2) is 4.39 Å². The Morgan fingerprint density at radius 1 is 1.26 bits per heavy atom. The van der Waals surface area contributed by atoms with Crippen LogP contribution in [-0.2, 0) is 33.3 Å². The maximum absolute atomic E-state index is 17.8. The van der Waals surface area contributed by atoms with Gasteiger partial charge in [0, 0.05) is 30.1 Å². The van der Waals surface area contributed by atoms with Crippen molar-refractivity contribution in [1.29, 1.82) is 0 Å². The summed E-state index contributed by atoms with van der Waals surface area (Å²) in [4.78, 5) is 37.8. The predicted octanol–water partition coefficient (Wildman–Crippen LogP) is 3.96. The van der Waals surface area contributed by atoms with Crippen molar-refractivity contribution in [2.75, 3.05) is 19.1 Å². The minimum Gasteiger partial charge on any atom is -0.497 e. The number of fused-ring (bicyclic) bond motifs is 7. The molecule has 0 amide bonds. The molecule has 1 heterocycles. The van der Waals surface area contributed by atoms with Gasteiger partial charge in [-0.1, -0.05) is 13.8 Å². The van der Waals surface area contributed by atoms with Gasteiger partial charge in [0.25, 0.3) is 0 Å². The molecule has 0 unspecified atom stereocenters. The monoisotopic (exact) mass is 568 g/mol. The van der Waals surface area contributed by atoms with Gasteiger partial charge in [0.15, 0.2) is 18.0 Å². The molecule has 0 bridgehead atoms. The maximum atomic E-state index is 17.8. The summed E-state index contributed by atoms with van der Waals surface area (Å²) < 4.78 is 41.3. The van der Waals surface area contributed by atoms with Gasteiger partial charge < -0.3 is 24.1 Å². The molecule has 1 N–H and O–H groups in total. The minimum absolute atomic E-state index is 0.0506. The van der Waals surface area contributed by atoms with Gasteiger partial charge >= 0.3 is 5.97 Å². The highest BCUT2D eigenvalue weighted by atomic mass is 35.5. The number of halogens is 2. The number of aldehydes is 1. The van der Waals surface area contributed by atoms with Gasteiger partial charge in [-0.05, 0) is 62.7 Å². The first-order valence-corrected chi connectivity index (χ1v) is 14.2. The van der Waals surface area contributed by atoms with E-state index in [4.69, 9.17) is 30.5 Å². The maximum Gasteiger partial charge on any atom is 0.303 e. The van der Waals surface area contributed by atoms with E-state index >= 15 is 4.39 Å². The van der Waals surface area contributed by atoms with E-state index in [1.807, 2.05) is 6.92 Å². The number of allylic oxidation sites excluding steroid dienone is 4. The third-order valence-corrected chi connectivity index (χ3v) is 10.4. The lowest BCUT2D eigenvalue weighted by Gasteiger charge is -2.63. The number of alkyl halides is 2. The second kappa shape index (κ2) is 9.36. The number of carbonyl (C=O) groups is 3. The van der Waals surface area contributed by atoms with Crippen LogP contribution in [0.2, 0.25) is 0 Å². The Morgan fingerprint density at radius 2 is 1.97 bits per heavy atom. The zero-order chi connectivity index (χ0) is 28.6. The Labute approximate surface area is 233 Å². The quantitative estimate of drug-likeness (QED) is 0.279. The lowest BCUT2D eigenvalue weighted by atomic mass is 9.44. The summed E-state index contributed by atoms with van der Waals surface area (Å²) in [5.41, 5.74) is -4.76. The molecular formula is C29H38ClFO8. The van der Waals surface area contributed by atoms with Crippen molar-refractivity contribution in [2.24, 2.45) is 22.7 Å². The van der Waals surface area contributed by atoms with Crippen LogP contribution in [0.15, 0.2) is 23.0 Å². The first kappa shape index (κ1) is 28.7. The first-order valence-electron chi connectivity index (χ1n) is 13.7. The van der Waals surface area contributed by atoms with Crippen LogP contribution in [0, 0.1) is 22.7 Å². The van der Waals surface area contributed by atoms with Crippen molar-refractivity contribution < 1.29 is 42.8 Å². The molecule has 5 rings (SSSR count). The molecule has 0 radical (unpaired) electrons. The predicted molar refractivity (Wildman–Crippen MR) is 138 cm³/mol. The topological polar surface area (TPSA) is 108 Å². The molecule has 2 saturated carbocycles. The minimum atomic E-state index is -2.07. The Hall–Kier alpha value is -1.81. The number of ether oxygens (including phenoxy) is 4. The van der Waals surface area contributed by atoms with Crippen LogP contribution in [0.5, 0.6) is 0 Å². The molecule has 4 aliphatic carbocycles. The van der Waals surface area contributed by atoms with Gasteiger partial charge in [0.2, 0.25) is 5.78 Å². The third kappa shape index (κ3) is 3.82. The highest BCUT2D eigenvalue weighted by Crippen LogP contribution is 2.72. The second-order valence-corrected chi connectivity index (χ2v) is 13.0. The molecule has 3 fully saturated rings. The highest BCUT2D eigenvalue weighted by molar-refractivity contribution is 6.18. The summed E-state index contributed by atoms with van der Waals surface area (Å²) in [6, 6.07) is 0. The zero-order valence-corrected chi connectivity index (χ0v) is 23.9. The molecule has 1 aliphatic heterocycles. The van der Waals surface area contributed by atoms with Crippen LogP contribution in [-0.4, -0.2) is 71.5 Å². The number of ketones is 1. The van der Waals surface area contributed by atoms with E-state index in [-0.39, 0.29) is 12.8 Å². The SMILES string of the molecule is CC(=O)OCC(=O)[C@@]12OC(C)(C)O[C@@H]1C[C@@H]1[C@@H]3CC(C=O)=C4C=C(OCCCl)CC[C@]4(C)[C@@]3(F)[C@H](O)C[C@]12C. The Balaban J connectivity index is 1.61. The number of hydrogen-bond donors (Lipinski definition) is 1. The molecule has 1 saturated heterocycles. The van der Waals surface area contributed by atoms with Crippen molar-refractivity contribution in [3.8, 4) is 0 Å². The molecule has 216 valence electrons. The van der Waals surface area contributed by atoms with Crippen LogP contribution >= 0.6 is 11.6 Å². The van der Waals surface area contributed by atoms with E-state index in [0.29, 0.717) is 48.7 Å². The molecule has 8 nitrogen and oxygen atoms in total. The van der Waals surface area contributed by atoms with Crippen molar-refractivity contribution in [3.63, 3.8) is 0 Å². The van der Waals surface area contributed by atoms with E-state index in [1.165, 1.54) is 6.92 Å². The molecule has 39 heavy (non-hydrogen) atoms. The Kier molecular flexibility index (Phi) is 6.89. The van der Waals surface area contributed by atoms with Crippen molar-refractivity contribution >= 4 is 29.6 Å². The Bertz CT molecular complexity index is 1150. The molecule has 0 aromatic carbocycles.